The Balaban J connectivity index is 1.67. The molecule has 0 saturated carbocycles. The molecule has 1 aromatic carbocycles. The summed E-state index contributed by atoms with van der Waals surface area (Å²) in [5.74, 6) is -1.04. The van der Waals surface area contributed by atoms with Gasteiger partial charge in [0.25, 0.3) is 11.1 Å². The fraction of sp³-hybridized carbons (Fsp3) is 0.450. The molecule has 2 aliphatic rings. The number of carbonyl (C=O) groups excluding carboxylic acids is 3. The topological polar surface area (TPSA) is 66.9 Å². The van der Waals surface area contributed by atoms with Crippen molar-refractivity contribution in [1.29, 1.82) is 0 Å². The molecule has 144 valence electrons. The van der Waals surface area contributed by atoms with Crippen LogP contribution in [0.1, 0.15) is 38.7 Å². The van der Waals surface area contributed by atoms with Crippen LogP contribution in [0.2, 0.25) is 0 Å². The van der Waals surface area contributed by atoms with Crippen LogP contribution >= 0.6 is 11.8 Å². The molecule has 27 heavy (non-hydrogen) atoms. The third kappa shape index (κ3) is 4.91. The molecule has 0 unspecified atom stereocenters. The Morgan fingerprint density at radius 2 is 1.81 bits per heavy atom. The van der Waals surface area contributed by atoms with Crippen LogP contribution in [0, 0.1) is 0 Å². The zero-order chi connectivity index (χ0) is 19.4. The highest BCUT2D eigenvalue weighted by molar-refractivity contribution is 8.18. The minimum Gasteiger partial charge on any atom is -0.462 e. The summed E-state index contributed by atoms with van der Waals surface area (Å²) in [4.78, 5) is 39.9. The Hall–Kier alpha value is -2.28. The lowest BCUT2D eigenvalue weighted by Gasteiger charge is -2.28. The van der Waals surface area contributed by atoms with Crippen LogP contribution in [0.25, 0.3) is 6.08 Å². The molecule has 2 heterocycles. The van der Waals surface area contributed by atoms with Gasteiger partial charge in [0.15, 0.2) is 0 Å². The van der Waals surface area contributed by atoms with E-state index in [1.807, 2.05) is 24.3 Å². The first-order valence-corrected chi connectivity index (χ1v) is 10.1. The number of hydrogen-bond acceptors (Lipinski definition) is 6. The number of hydrogen-bond donors (Lipinski definition) is 0. The second kappa shape index (κ2) is 8.61. The van der Waals surface area contributed by atoms with Gasteiger partial charge in [0, 0.05) is 18.8 Å². The molecule has 0 radical (unpaired) electrons. The van der Waals surface area contributed by atoms with Gasteiger partial charge in [0.1, 0.15) is 6.54 Å². The van der Waals surface area contributed by atoms with E-state index in [0.717, 1.165) is 35.3 Å². The van der Waals surface area contributed by atoms with E-state index < -0.39 is 17.1 Å². The number of nitrogens with zero attached hydrogens (tertiary/aromatic N) is 2. The summed E-state index contributed by atoms with van der Waals surface area (Å²) < 4.78 is 5.01. The molecule has 3 rings (SSSR count). The number of carbonyl (C=O) groups is 3. The van der Waals surface area contributed by atoms with E-state index in [2.05, 4.69) is 4.90 Å². The van der Waals surface area contributed by atoms with E-state index in [1.165, 1.54) is 24.9 Å². The first-order chi connectivity index (χ1) is 12.9. The number of rotatable bonds is 5. The molecule has 0 aliphatic carbocycles. The number of imide groups is 1. The molecular weight excluding hydrogens is 364 g/mol. The molecular formula is C20H24N2O4S. The molecule has 2 saturated heterocycles. The van der Waals surface area contributed by atoms with Crippen molar-refractivity contribution in [3.8, 4) is 0 Å². The number of benzene rings is 1. The first-order valence-electron chi connectivity index (χ1n) is 9.24. The minimum atomic E-state index is -0.584. The molecule has 0 N–H and O–H groups in total. The van der Waals surface area contributed by atoms with Crippen molar-refractivity contribution >= 4 is 40.6 Å². The quantitative estimate of drug-likeness (QED) is 0.566. The number of ether oxygens (including phenoxy) is 1. The molecule has 0 bridgehead atoms. The van der Waals surface area contributed by atoms with Gasteiger partial charge in [-0.1, -0.05) is 12.1 Å². The second-order valence-electron chi connectivity index (χ2n) is 6.95. The predicted molar refractivity (Wildman–Crippen MR) is 106 cm³/mol. The van der Waals surface area contributed by atoms with Gasteiger partial charge in [0.2, 0.25) is 0 Å². The predicted octanol–water partition coefficient (Wildman–Crippen LogP) is 3.66. The summed E-state index contributed by atoms with van der Waals surface area (Å²) in [5.41, 5.74) is 2.03. The largest absolute Gasteiger partial charge is 0.462 e. The van der Waals surface area contributed by atoms with Gasteiger partial charge in [-0.05, 0) is 68.6 Å². The minimum absolute atomic E-state index is 0.286. The van der Waals surface area contributed by atoms with E-state index >= 15 is 0 Å². The van der Waals surface area contributed by atoms with Crippen molar-refractivity contribution in [2.75, 3.05) is 24.5 Å². The Kier molecular flexibility index (Phi) is 6.21. The van der Waals surface area contributed by atoms with E-state index in [0.29, 0.717) is 4.91 Å². The van der Waals surface area contributed by atoms with Gasteiger partial charge in [0.05, 0.1) is 11.0 Å². The molecule has 6 nitrogen and oxygen atoms in total. The van der Waals surface area contributed by atoms with E-state index in [-0.39, 0.29) is 12.6 Å². The third-order valence-electron chi connectivity index (χ3n) is 4.44. The highest BCUT2D eigenvalue weighted by atomic mass is 32.2. The van der Waals surface area contributed by atoms with Gasteiger partial charge in [-0.2, -0.15) is 0 Å². The number of thioether (sulfide) groups is 1. The molecule has 2 fully saturated rings. The van der Waals surface area contributed by atoms with Crippen LogP contribution in [0.15, 0.2) is 29.2 Å². The summed E-state index contributed by atoms with van der Waals surface area (Å²) in [6.07, 6.45) is 5.13. The monoisotopic (exact) mass is 388 g/mol. The van der Waals surface area contributed by atoms with Crippen molar-refractivity contribution in [3.63, 3.8) is 0 Å². The average Bonchev–Trinajstić information content (AvgIpc) is 2.90. The first kappa shape index (κ1) is 19.5. The summed E-state index contributed by atoms with van der Waals surface area (Å²) >= 11 is 0.850. The molecule has 2 amide bonds. The highest BCUT2D eigenvalue weighted by Crippen LogP contribution is 2.32. The Morgan fingerprint density at radius 3 is 2.44 bits per heavy atom. The molecule has 7 heteroatoms. The summed E-state index contributed by atoms with van der Waals surface area (Å²) in [6, 6.07) is 7.98. The van der Waals surface area contributed by atoms with E-state index in [1.54, 1.807) is 19.9 Å². The summed E-state index contributed by atoms with van der Waals surface area (Å²) in [7, 11) is 0. The van der Waals surface area contributed by atoms with Crippen molar-refractivity contribution in [2.24, 2.45) is 0 Å². The lowest BCUT2D eigenvalue weighted by atomic mass is 10.1. The van der Waals surface area contributed by atoms with Crippen LogP contribution in [0.3, 0.4) is 0 Å². The highest BCUT2D eigenvalue weighted by Gasteiger charge is 2.36. The van der Waals surface area contributed by atoms with Crippen molar-refractivity contribution < 1.29 is 19.1 Å². The SMILES string of the molecule is CC(C)OC(=O)CN1C(=O)S/C(=C\c2ccc(N3CCCCC3)cc2)C1=O. The molecule has 0 atom stereocenters. The molecule has 1 aromatic rings. The molecule has 2 aliphatic heterocycles. The third-order valence-corrected chi connectivity index (χ3v) is 5.35. The Bertz CT molecular complexity index is 752. The van der Waals surface area contributed by atoms with Crippen LogP contribution in [-0.2, 0) is 14.3 Å². The summed E-state index contributed by atoms with van der Waals surface area (Å²) in [5, 5.41) is -0.447. The van der Waals surface area contributed by atoms with E-state index in [4.69, 9.17) is 4.74 Å². The van der Waals surface area contributed by atoms with Crippen LogP contribution in [0.4, 0.5) is 10.5 Å². The van der Waals surface area contributed by atoms with Crippen LogP contribution in [0.5, 0.6) is 0 Å². The van der Waals surface area contributed by atoms with Gasteiger partial charge in [-0.3, -0.25) is 19.3 Å². The standard InChI is InChI=1S/C20H24N2O4S/c1-14(2)26-18(23)13-22-19(24)17(27-20(22)25)12-15-6-8-16(9-7-15)21-10-4-3-5-11-21/h6-9,12,14H,3-5,10-11,13H2,1-2H3/b17-12-. The fourth-order valence-corrected chi connectivity index (χ4v) is 3.99. The maximum absolute atomic E-state index is 12.5. The maximum Gasteiger partial charge on any atom is 0.326 e. The summed E-state index contributed by atoms with van der Waals surface area (Å²) in [6.45, 7) is 5.24. The smallest absolute Gasteiger partial charge is 0.326 e. The lowest BCUT2D eigenvalue weighted by molar-refractivity contribution is -0.149. The van der Waals surface area contributed by atoms with Crippen LogP contribution < -0.4 is 4.90 Å². The fourth-order valence-electron chi connectivity index (χ4n) is 3.15. The van der Waals surface area contributed by atoms with Gasteiger partial charge in [-0.15, -0.1) is 0 Å². The zero-order valence-corrected chi connectivity index (χ0v) is 16.5. The number of piperidine rings is 1. The van der Waals surface area contributed by atoms with E-state index in [9.17, 15) is 14.4 Å². The van der Waals surface area contributed by atoms with Crippen LogP contribution in [-0.4, -0.2) is 47.8 Å². The van der Waals surface area contributed by atoms with Gasteiger partial charge >= 0.3 is 5.97 Å². The van der Waals surface area contributed by atoms with Crippen molar-refractivity contribution in [3.05, 3.63) is 34.7 Å². The van der Waals surface area contributed by atoms with Crippen molar-refractivity contribution in [1.82, 2.24) is 4.90 Å². The Labute approximate surface area is 163 Å². The zero-order valence-electron chi connectivity index (χ0n) is 15.6. The van der Waals surface area contributed by atoms with Gasteiger partial charge in [-0.25, -0.2) is 0 Å². The number of amides is 2. The Morgan fingerprint density at radius 1 is 1.15 bits per heavy atom. The molecule has 0 spiro atoms. The number of esters is 1. The maximum atomic E-state index is 12.5. The molecule has 0 aromatic heterocycles. The van der Waals surface area contributed by atoms with Gasteiger partial charge < -0.3 is 9.64 Å². The van der Waals surface area contributed by atoms with Crippen molar-refractivity contribution in [2.45, 2.75) is 39.2 Å². The normalized spacial score (nSPS) is 19.3. The average molecular weight is 388 g/mol. The number of anilines is 1. The lowest BCUT2D eigenvalue weighted by Crippen LogP contribution is -2.35. The second-order valence-corrected chi connectivity index (χ2v) is 7.94.